The highest BCUT2D eigenvalue weighted by Gasteiger charge is 2.12. The number of ether oxygens (including phenoxy) is 1. The molecule has 0 radical (unpaired) electrons. The van der Waals surface area contributed by atoms with E-state index >= 15 is 0 Å². The Bertz CT molecular complexity index is 603. The Kier molecular flexibility index (Phi) is 4.34. The van der Waals surface area contributed by atoms with E-state index in [1.807, 2.05) is 26.0 Å². The molecule has 20 heavy (non-hydrogen) atoms. The zero-order valence-electron chi connectivity index (χ0n) is 12.2. The largest absolute Gasteiger partial charge is 0.494 e. The summed E-state index contributed by atoms with van der Waals surface area (Å²) in [6.07, 6.45) is 1.45. The molecule has 0 atom stereocenters. The number of anilines is 1. The minimum Gasteiger partial charge on any atom is -0.494 e. The Morgan fingerprint density at radius 3 is 2.55 bits per heavy atom. The van der Waals surface area contributed by atoms with Crippen LogP contribution in [-0.4, -0.2) is 56.2 Å². The number of likely N-dealkylation sites (N-methyl/N-ethyl adjacent to an activating group) is 2. The van der Waals surface area contributed by atoms with Crippen LogP contribution in [-0.2, 0) is 0 Å². The lowest BCUT2D eigenvalue weighted by Gasteiger charge is -2.21. The van der Waals surface area contributed by atoms with Gasteiger partial charge in [0.05, 0.1) is 12.6 Å². The molecule has 0 saturated carbocycles. The smallest absolute Gasteiger partial charge is 0.167 e. The summed E-state index contributed by atoms with van der Waals surface area (Å²) < 4.78 is 18.7. The topological polar surface area (TPSA) is 41.5 Å². The van der Waals surface area contributed by atoms with E-state index in [0.29, 0.717) is 5.52 Å². The number of hydrogen-bond acceptors (Lipinski definition) is 5. The Balaban J connectivity index is 2.42. The molecule has 0 saturated heterocycles. The highest BCUT2D eigenvalue weighted by Crippen LogP contribution is 2.28. The summed E-state index contributed by atoms with van der Waals surface area (Å²) >= 11 is 0. The molecule has 5 nitrogen and oxygen atoms in total. The molecule has 2 rings (SSSR count). The van der Waals surface area contributed by atoms with Gasteiger partial charge in [0.25, 0.3) is 0 Å². The minimum atomic E-state index is -0.416. The second-order valence-electron chi connectivity index (χ2n) is 4.93. The van der Waals surface area contributed by atoms with Gasteiger partial charge in [-0.05, 0) is 20.2 Å². The molecule has 1 aromatic carbocycles. The average molecular weight is 278 g/mol. The minimum absolute atomic E-state index is 0.203. The molecule has 108 valence electrons. The predicted molar refractivity (Wildman–Crippen MR) is 77.9 cm³/mol. The first-order valence-electron chi connectivity index (χ1n) is 6.37. The maximum atomic E-state index is 13.7. The van der Waals surface area contributed by atoms with Gasteiger partial charge in [-0.25, -0.2) is 14.4 Å². The van der Waals surface area contributed by atoms with Crippen molar-refractivity contribution >= 4 is 16.7 Å². The standard InChI is InChI=1S/C14H19FN4O/c1-18(2)5-6-19(3)14-10-7-13(20-4)11(15)8-12(10)16-9-17-14/h7-9H,5-6H2,1-4H3. The molecule has 0 N–H and O–H groups in total. The summed E-state index contributed by atoms with van der Waals surface area (Å²) in [6, 6.07) is 3.02. The van der Waals surface area contributed by atoms with Gasteiger partial charge in [0.2, 0.25) is 0 Å². The van der Waals surface area contributed by atoms with Crippen LogP contribution in [0, 0.1) is 5.82 Å². The number of benzene rings is 1. The summed E-state index contributed by atoms with van der Waals surface area (Å²) in [6.45, 7) is 1.72. The van der Waals surface area contributed by atoms with E-state index in [1.54, 1.807) is 6.07 Å². The fourth-order valence-corrected chi connectivity index (χ4v) is 1.96. The second-order valence-corrected chi connectivity index (χ2v) is 4.93. The molecule has 1 aromatic heterocycles. The van der Waals surface area contributed by atoms with Crippen LogP contribution in [0.3, 0.4) is 0 Å². The van der Waals surface area contributed by atoms with E-state index in [9.17, 15) is 4.39 Å². The van der Waals surface area contributed by atoms with Crippen LogP contribution in [0.5, 0.6) is 5.75 Å². The third-order valence-corrected chi connectivity index (χ3v) is 3.13. The Morgan fingerprint density at radius 2 is 1.90 bits per heavy atom. The zero-order valence-corrected chi connectivity index (χ0v) is 12.2. The van der Waals surface area contributed by atoms with Gasteiger partial charge in [-0.15, -0.1) is 0 Å². The summed E-state index contributed by atoms with van der Waals surface area (Å²) in [4.78, 5) is 12.5. The van der Waals surface area contributed by atoms with Crippen molar-refractivity contribution in [3.8, 4) is 5.75 Å². The monoisotopic (exact) mass is 278 g/mol. The highest BCUT2D eigenvalue weighted by molar-refractivity contribution is 5.90. The van der Waals surface area contributed by atoms with Gasteiger partial charge in [-0.3, -0.25) is 0 Å². The fourth-order valence-electron chi connectivity index (χ4n) is 1.96. The van der Waals surface area contributed by atoms with E-state index in [2.05, 4.69) is 14.9 Å². The first-order valence-corrected chi connectivity index (χ1v) is 6.37. The Hall–Kier alpha value is -1.95. The molecule has 1 heterocycles. The molecule has 0 fully saturated rings. The van der Waals surface area contributed by atoms with Crippen LogP contribution >= 0.6 is 0 Å². The van der Waals surface area contributed by atoms with E-state index in [4.69, 9.17) is 4.74 Å². The van der Waals surface area contributed by atoms with Gasteiger partial charge in [-0.1, -0.05) is 0 Å². The van der Waals surface area contributed by atoms with Crippen molar-refractivity contribution in [3.05, 3.63) is 24.3 Å². The summed E-state index contributed by atoms with van der Waals surface area (Å²) in [5.41, 5.74) is 0.574. The Labute approximate surface area is 118 Å². The van der Waals surface area contributed by atoms with E-state index in [-0.39, 0.29) is 5.75 Å². The maximum Gasteiger partial charge on any atom is 0.167 e. The number of nitrogens with zero attached hydrogens (tertiary/aromatic N) is 4. The number of hydrogen-bond donors (Lipinski definition) is 0. The molecule has 0 bridgehead atoms. The highest BCUT2D eigenvalue weighted by atomic mass is 19.1. The second kappa shape index (κ2) is 6.00. The van der Waals surface area contributed by atoms with Gasteiger partial charge in [0.1, 0.15) is 12.1 Å². The number of halogens is 1. The van der Waals surface area contributed by atoms with Crippen molar-refractivity contribution in [1.29, 1.82) is 0 Å². The quantitative estimate of drug-likeness (QED) is 0.834. The number of fused-ring (bicyclic) bond motifs is 1. The lowest BCUT2D eigenvalue weighted by Crippen LogP contribution is -2.29. The van der Waals surface area contributed by atoms with Crippen molar-refractivity contribution in [2.75, 3.05) is 46.2 Å². The van der Waals surface area contributed by atoms with Crippen LogP contribution in [0.2, 0.25) is 0 Å². The van der Waals surface area contributed by atoms with Crippen LogP contribution < -0.4 is 9.64 Å². The fraction of sp³-hybridized carbons (Fsp3) is 0.429. The lowest BCUT2D eigenvalue weighted by molar-refractivity contribution is 0.387. The summed E-state index contributed by atoms with van der Waals surface area (Å²) in [5.74, 6) is 0.560. The average Bonchev–Trinajstić information content (AvgIpc) is 2.43. The van der Waals surface area contributed by atoms with Gasteiger partial charge in [0, 0.05) is 31.6 Å². The molecule has 0 spiro atoms. The van der Waals surface area contributed by atoms with Crippen LogP contribution in [0.4, 0.5) is 10.2 Å². The van der Waals surface area contributed by atoms with Crippen molar-refractivity contribution in [2.45, 2.75) is 0 Å². The van der Waals surface area contributed by atoms with E-state index in [1.165, 1.54) is 19.5 Å². The van der Waals surface area contributed by atoms with Crippen molar-refractivity contribution < 1.29 is 9.13 Å². The summed E-state index contributed by atoms with van der Waals surface area (Å²) in [5, 5.41) is 0.784. The van der Waals surface area contributed by atoms with Crippen molar-refractivity contribution in [3.63, 3.8) is 0 Å². The SMILES string of the molecule is COc1cc2c(N(C)CCN(C)C)ncnc2cc1F. The molecule has 0 aliphatic rings. The first kappa shape index (κ1) is 14.5. The van der Waals surface area contributed by atoms with Gasteiger partial charge in [-0.2, -0.15) is 0 Å². The molecular formula is C14H19FN4O. The van der Waals surface area contributed by atoms with Crippen LogP contribution in [0.1, 0.15) is 0 Å². The molecule has 0 aliphatic heterocycles. The van der Waals surface area contributed by atoms with Gasteiger partial charge < -0.3 is 14.5 Å². The predicted octanol–water partition coefficient (Wildman–Crippen LogP) is 1.78. The van der Waals surface area contributed by atoms with E-state index < -0.39 is 5.82 Å². The summed E-state index contributed by atoms with van der Waals surface area (Å²) in [7, 11) is 7.44. The zero-order chi connectivity index (χ0) is 14.7. The molecule has 0 amide bonds. The number of aromatic nitrogens is 2. The molecular weight excluding hydrogens is 259 g/mol. The molecule has 6 heteroatoms. The normalized spacial score (nSPS) is 11.1. The molecule has 2 aromatic rings. The van der Waals surface area contributed by atoms with Crippen LogP contribution in [0.25, 0.3) is 10.9 Å². The lowest BCUT2D eigenvalue weighted by atomic mass is 10.2. The van der Waals surface area contributed by atoms with Crippen molar-refractivity contribution in [2.24, 2.45) is 0 Å². The van der Waals surface area contributed by atoms with E-state index in [0.717, 1.165) is 24.3 Å². The first-order chi connectivity index (χ1) is 9.52. The third kappa shape index (κ3) is 2.96. The molecule has 0 aliphatic carbocycles. The third-order valence-electron chi connectivity index (χ3n) is 3.13. The maximum absolute atomic E-state index is 13.7. The van der Waals surface area contributed by atoms with Gasteiger partial charge >= 0.3 is 0 Å². The van der Waals surface area contributed by atoms with Crippen molar-refractivity contribution in [1.82, 2.24) is 14.9 Å². The molecule has 0 unspecified atom stereocenters. The Morgan fingerprint density at radius 1 is 1.15 bits per heavy atom. The number of methoxy groups -OCH3 is 1. The van der Waals surface area contributed by atoms with Crippen LogP contribution in [0.15, 0.2) is 18.5 Å². The van der Waals surface area contributed by atoms with Gasteiger partial charge in [0.15, 0.2) is 11.6 Å². The number of rotatable bonds is 5.